The summed E-state index contributed by atoms with van der Waals surface area (Å²) in [6.07, 6.45) is 5.61. The average Bonchev–Trinajstić information content (AvgIpc) is 2.35. The van der Waals surface area contributed by atoms with Crippen LogP contribution in [-0.2, 0) is 11.2 Å². The fraction of sp³-hybridized carbons (Fsp3) is 0.267. The topological polar surface area (TPSA) is 68.9 Å². The quantitative estimate of drug-likeness (QED) is 0.852. The molecular formula is C15H17N3O. The Kier molecular flexibility index (Phi) is 3.90. The zero-order valence-corrected chi connectivity index (χ0v) is 11.1. The lowest BCUT2D eigenvalue weighted by Gasteiger charge is -2.05. The number of fused-ring (bicyclic) bond motifs is 1. The summed E-state index contributed by atoms with van der Waals surface area (Å²) in [6.45, 7) is 4.33. The summed E-state index contributed by atoms with van der Waals surface area (Å²) in [5, 5.41) is 0.958. The van der Waals surface area contributed by atoms with Gasteiger partial charge in [0.15, 0.2) is 5.65 Å². The lowest BCUT2D eigenvalue weighted by atomic mass is 10.1. The largest absolute Gasteiger partial charge is 0.366 e. The molecule has 1 amide bonds. The SMILES string of the molecule is CC(C)Cc1ccc2cc(C=CC(N)=O)cnc2n1. The van der Waals surface area contributed by atoms with Crippen molar-refractivity contribution < 1.29 is 4.79 Å². The van der Waals surface area contributed by atoms with Gasteiger partial charge in [-0.25, -0.2) is 9.97 Å². The molecule has 0 saturated heterocycles. The highest BCUT2D eigenvalue weighted by molar-refractivity contribution is 5.90. The Hall–Kier alpha value is -2.23. The van der Waals surface area contributed by atoms with E-state index in [4.69, 9.17) is 5.73 Å². The molecule has 0 aromatic carbocycles. The number of carbonyl (C=O) groups excluding carboxylic acids is 1. The summed E-state index contributed by atoms with van der Waals surface area (Å²) in [5.74, 6) is 0.105. The van der Waals surface area contributed by atoms with Crippen molar-refractivity contribution in [1.29, 1.82) is 0 Å². The molecule has 98 valence electrons. The number of primary amides is 1. The van der Waals surface area contributed by atoms with Gasteiger partial charge in [-0.3, -0.25) is 4.79 Å². The van der Waals surface area contributed by atoms with Crippen molar-refractivity contribution in [3.8, 4) is 0 Å². The lowest BCUT2D eigenvalue weighted by molar-refractivity contribution is -0.113. The molecule has 0 radical (unpaired) electrons. The standard InChI is InChI=1S/C15H17N3O/c1-10(2)7-13-5-4-12-8-11(3-6-14(16)19)9-17-15(12)18-13/h3-6,8-10H,7H2,1-2H3,(H2,16,19). The van der Waals surface area contributed by atoms with E-state index in [-0.39, 0.29) is 0 Å². The molecule has 2 N–H and O–H groups in total. The zero-order chi connectivity index (χ0) is 13.8. The average molecular weight is 255 g/mol. The molecule has 4 heteroatoms. The highest BCUT2D eigenvalue weighted by Crippen LogP contribution is 2.15. The Balaban J connectivity index is 2.32. The van der Waals surface area contributed by atoms with E-state index in [0.29, 0.717) is 5.92 Å². The van der Waals surface area contributed by atoms with E-state index in [0.717, 1.165) is 28.7 Å². The monoisotopic (exact) mass is 255 g/mol. The molecular weight excluding hydrogens is 238 g/mol. The smallest absolute Gasteiger partial charge is 0.241 e. The molecule has 0 atom stereocenters. The summed E-state index contributed by atoms with van der Waals surface area (Å²) in [5.41, 5.74) is 7.68. The molecule has 0 fully saturated rings. The molecule has 0 aliphatic heterocycles. The molecule has 2 aromatic heterocycles. The van der Waals surface area contributed by atoms with Crippen LogP contribution in [0.15, 0.2) is 30.5 Å². The second-order valence-corrected chi connectivity index (χ2v) is 4.95. The maximum Gasteiger partial charge on any atom is 0.241 e. The van der Waals surface area contributed by atoms with E-state index in [2.05, 4.69) is 23.8 Å². The minimum Gasteiger partial charge on any atom is -0.366 e. The first-order chi connectivity index (χ1) is 9.04. The van der Waals surface area contributed by atoms with Crippen LogP contribution in [0.3, 0.4) is 0 Å². The van der Waals surface area contributed by atoms with Crippen molar-refractivity contribution in [2.45, 2.75) is 20.3 Å². The van der Waals surface area contributed by atoms with Crippen LogP contribution in [0, 0.1) is 5.92 Å². The van der Waals surface area contributed by atoms with E-state index >= 15 is 0 Å². The van der Waals surface area contributed by atoms with Gasteiger partial charge in [0.1, 0.15) is 0 Å². The van der Waals surface area contributed by atoms with E-state index in [9.17, 15) is 4.79 Å². The van der Waals surface area contributed by atoms with Crippen LogP contribution in [0.5, 0.6) is 0 Å². The van der Waals surface area contributed by atoms with Crippen LogP contribution in [0.25, 0.3) is 17.1 Å². The van der Waals surface area contributed by atoms with Crippen LogP contribution in [0.1, 0.15) is 25.1 Å². The van der Waals surface area contributed by atoms with Crippen molar-refractivity contribution in [2.75, 3.05) is 0 Å². The molecule has 0 unspecified atom stereocenters. The van der Waals surface area contributed by atoms with E-state index < -0.39 is 5.91 Å². The van der Waals surface area contributed by atoms with Gasteiger partial charge in [-0.05, 0) is 42.2 Å². The Morgan fingerprint density at radius 1 is 1.42 bits per heavy atom. The van der Waals surface area contributed by atoms with Crippen LogP contribution in [0.2, 0.25) is 0 Å². The molecule has 0 spiro atoms. The fourth-order valence-corrected chi connectivity index (χ4v) is 1.87. The minimum atomic E-state index is -0.467. The third kappa shape index (κ3) is 3.61. The normalized spacial score (nSPS) is 11.5. The van der Waals surface area contributed by atoms with E-state index in [1.54, 1.807) is 12.3 Å². The van der Waals surface area contributed by atoms with Gasteiger partial charge < -0.3 is 5.73 Å². The van der Waals surface area contributed by atoms with Crippen LogP contribution in [-0.4, -0.2) is 15.9 Å². The first-order valence-electron chi connectivity index (χ1n) is 6.28. The van der Waals surface area contributed by atoms with Crippen LogP contribution >= 0.6 is 0 Å². The molecule has 0 saturated carbocycles. The number of hydrogen-bond acceptors (Lipinski definition) is 3. The van der Waals surface area contributed by atoms with Gasteiger partial charge in [0.05, 0.1) is 0 Å². The molecule has 0 aliphatic rings. The predicted octanol–water partition coefficient (Wildman–Crippen LogP) is 2.33. The predicted molar refractivity (Wildman–Crippen MR) is 76.3 cm³/mol. The van der Waals surface area contributed by atoms with Crippen molar-refractivity contribution in [1.82, 2.24) is 9.97 Å². The lowest BCUT2D eigenvalue weighted by Crippen LogP contribution is -2.05. The van der Waals surface area contributed by atoms with Crippen molar-refractivity contribution in [3.63, 3.8) is 0 Å². The number of aromatic nitrogens is 2. The van der Waals surface area contributed by atoms with Gasteiger partial charge >= 0.3 is 0 Å². The zero-order valence-electron chi connectivity index (χ0n) is 11.1. The van der Waals surface area contributed by atoms with Crippen LogP contribution in [0.4, 0.5) is 0 Å². The number of rotatable bonds is 4. The number of hydrogen-bond donors (Lipinski definition) is 1. The summed E-state index contributed by atoms with van der Waals surface area (Å²) >= 11 is 0. The molecule has 2 aromatic rings. The highest BCUT2D eigenvalue weighted by atomic mass is 16.1. The maximum absolute atomic E-state index is 10.7. The summed E-state index contributed by atoms with van der Waals surface area (Å²) in [7, 11) is 0. The number of pyridine rings is 2. The molecule has 0 bridgehead atoms. The van der Waals surface area contributed by atoms with Crippen molar-refractivity contribution >= 4 is 23.0 Å². The van der Waals surface area contributed by atoms with Gasteiger partial charge in [-0.2, -0.15) is 0 Å². The first kappa shape index (κ1) is 13.2. The van der Waals surface area contributed by atoms with Crippen molar-refractivity contribution in [2.24, 2.45) is 11.7 Å². The maximum atomic E-state index is 10.7. The number of nitrogens with two attached hydrogens (primary N) is 1. The number of nitrogens with zero attached hydrogens (tertiary/aromatic N) is 2. The number of carbonyl (C=O) groups is 1. The highest BCUT2D eigenvalue weighted by Gasteiger charge is 2.02. The summed E-state index contributed by atoms with van der Waals surface area (Å²) < 4.78 is 0. The third-order valence-electron chi connectivity index (χ3n) is 2.68. The minimum absolute atomic E-state index is 0.467. The van der Waals surface area contributed by atoms with Gasteiger partial charge in [0.25, 0.3) is 0 Å². The van der Waals surface area contributed by atoms with E-state index in [1.807, 2.05) is 18.2 Å². The fourth-order valence-electron chi connectivity index (χ4n) is 1.87. The van der Waals surface area contributed by atoms with Gasteiger partial charge in [0, 0.05) is 23.4 Å². The Labute approximate surface area is 112 Å². The molecule has 4 nitrogen and oxygen atoms in total. The second-order valence-electron chi connectivity index (χ2n) is 4.95. The van der Waals surface area contributed by atoms with Crippen molar-refractivity contribution in [3.05, 3.63) is 41.7 Å². The summed E-state index contributed by atoms with van der Waals surface area (Å²) in [6, 6.07) is 5.97. The molecule has 0 aliphatic carbocycles. The third-order valence-corrected chi connectivity index (χ3v) is 2.68. The Bertz CT molecular complexity index is 632. The van der Waals surface area contributed by atoms with Gasteiger partial charge in [-0.1, -0.05) is 13.8 Å². The molecule has 19 heavy (non-hydrogen) atoms. The molecule has 2 rings (SSSR count). The van der Waals surface area contributed by atoms with Crippen LogP contribution < -0.4 is 5.73 Å². The Morgan fingerprint density at radius 3 is 2.89 bits per heavy atom. The second kappa shape index (κ2) is 5.61. The van der Waals surface area contributed by atoms with Gasteiger partial charge in [-0.15, -0.1) is 0 Å². The number of amides is 1. The molecule has 2 heterocycles. The van der Waals surface area contributed by atoms with E-state index in [1.165, 1.54) is 6.08 Å². The van der Waals surface area contributed by atoms with Gasteiger partial charge in [0.2, 0.25) is 5.91 Å². The Morgan fingerprint density at radius 2 is 2.21 bits per heavy atom. The first-order valence-corrected chi connectivity index (χ1v) is 6.28. The summed E-state index contributed by atoms with van der Waals surface area (Å²) in [4.78, 5) is 19.5.